The van der Waals surface area contributed by atoms with E-state index in [1.165, 1.54) is 7.11 Å². The van der Waals surface area contributed by atoms with Crippen LogP contribution in [0.25, 0.3) is 17.5 Å². The molecule has 2 aromatic carbocycles. The van der Waals surface area contributed by atoms with Crippen LogP contribution < -0.4 is 4.74 Å². The number of carbonyl (C=O) groups is 1. The van der Waals surface area contributed by atoms with Crippen LogP contribution in [0.4, 0.5) is 11.4 Å². The number of non-ortho nitro benzene ring substituents is 1. The number of benzene rings is 2. The zero-order valence-electron chi connectivity index (χ0n) is 16.4. The maximum atomic E-state index is 11.7. The molecule has 0 saturated heterocycles. The average Bonchev–Trinajstić information content (AvgIpc) is 3.22. The van der Waals surface area contributed by atoms with Gasteiger partial charge < -0.3 is 14.9 Å². The van der Waals surface area contributed by atoms with Crippen LogP contribution in [0.5, 0.6) is 11.5 Å². The normalized spacial score (nSPS) is 11.3. The predicted octanol–water partition coefficient (Wildman–Crippen LogP) is 3.87. The molecule has 0 fully saturated rings. The molecule has 0 saturated carbocycles. The van der Waals surface area contributed by atoms with E-state index >= 15 is 0 Å². The van der Waals surface area contributed by atoms with Crippen molar-refractivity contribution in [3.8, 4) is 22.9 Å². The zero-order valence-corrected chi connectivity index (χ0v) is 18.0. The minimum Gasteiger partial charge on any atom is -0.502 e. The number of phenols is 1. The van der Waals surface area contributed by atoms with Gasteiger partial charge in [0.25, 0.3) is 5.69 Å². The molecule has 33 heavy (non-hydrogen) atoms. The fourth-order valence-electron chi connectivity index (χ4n) is 2.63. The third-order valence-electron chi connectivity index (χ3n) is 4.09. The van der Waals surface area contributed by atoms with Crippen molar-refractivity contribution in [1.82, 2.24) is 15.2 Å². The fourth-order valence-corrected chi connectivity index (χ4v) is 3.50. The maximum absolute atomic E-state index is 11.7. The number of nitrogens with zero attached hydrogens (tertiary/aromatic N) is 4. The molecule has 3 aromatic rings. The van der Waals surface area contributed by atoms with E-state index in [9.17, 15) is 35.2 Å². The standard InChI is InChI=1S/C18H12ClN5O8S/c1-32-13-3-2-9(19)6-11(13)16-20-18(22-21-16)33-14(17(26)27)5-8-4-10(23(28)29)7-12(15(8)25)24(30)31/h2-7,25H,1H3,(H,26,27)(H,20,21,22)/b14-5-. The highest BCUT2D eigenvalue weighted by Gasteiger charge is 2.24. The first-order valence-corrected chi connectivity index (χ1v) is 9.85. The van der Waals surface area contributed by atoms with E-state index in [1.54, 1.807) is 18.2 Å². The largest absolute Gasteiger partial charge is 0.502 e. The van der Waals surface area contributed by atoms with Crippen LogP contribution in [-0.2, 0) is 4.79 Å². The van der Waals surface area contributed by atoms with Crippen molar-refractivity contribution in [2.75, 3.05) is 7.11 Å². The Kier molecular flexibility index (Phi) is 6.79. The highest BCUT2D eigenvalue weighted by molar-refractivity contribution is 8.04. The van der Waals surface area contributed by atoms with E-state index < -0.39 is 43.4 Å². The summed E-state index contributed by atoms with van der Waals surface area (Å²) >= 11 is 6.55. The Hall–Kier alpha value is -4.17. The summed E-state index contributed by atoms with van der Waals surface area (Å²) in [6, 6.07) is 6.15. The van der Waals surface area contributed by atoms with Crippen LogP contribution in [0, 0.1) is 20.2 Å². The number of aromatic hydroxyl groups is 1. The summed E-state index contributed by atoms with van der Waals surface area (Å²) in [4.78, 5) is 35.7. The second-order valence-corrected chi connectivity index (χ2v) is 7.59. The van der Waals surface area contributed by atoms with Gasteiger partial charge in [0, 0.05) is 16.7 Å². The summed E-state index contributed by atoms with van der Waals surface area (Å²) in [7, 11) is 1.44. The number of nitro benzene ring substituents is 2. The van der Waals surface area contributed by atoms with Gasteiger partial charge in [-0.3, -0.25) is 25.3 Å². The molecule has 0 radical (unpaired) electrons. The van der Waals surface area contributed by atoms with Crippen molar-refractivity contribution < 1.29 is 29.6 Å². The molecule has 0 aliphatic carbocycles. The smallest absolute Gasteiger partial charge is 0.342 e. The van der Waals surface area contributed by atoms with Crippen molar-refractivity contribution >= 4 is 46.8 Å². The second kappa shape index (κ2) is 9.54. The predicted molar refractivity (Wildman–Crippen MR) is 116 cm³/mol. The number of nitro groups is 2. The Morgan fingerprint density at radius 1 is 1.24 bits per heavy atom. The van der Waals surface area contributed by atoms with E-state index in [2.05, 4.69) is 15.2 Å². The van der Waals surface area contributed by atoms with Gasteiger partial charge in [-0.15, -0.1) is 5.10 Å². The highest BCUT2D eigenvalue weighted by Crippen LogP contribution is 2.38. The lowest BCUT2D eigenvalue weighted by Crippen LogP contribution is -1.99. The molecule has 0 amide bonds. The summed E-state index contributed by atoms with van der Waals surface area (Å²) in [5, 5.41) is 48.7. The van der Waals surface area contributed by atoms with Gasteiger partial charge in [0.05, 0.1) is 28.6 Å². The number of aromatic amines is 1. The van der Waals surface area contributed by atoms with Gasteiger partial charge in [-0.05, 0) is 36.0 Å². The Labute approximate surface area is 193 Å². The van der Waals surface area contributed by atoms with Gasteiger partial charge in [-0.25, -0.2) is 9.78 Å². The van der Waals surface area contributed by atoms with E-state index in [1.807, 2.05) is 0 Å². The number of aliphatic carboxylic acids is 1. The first-order chi connectivity index (χ1) is 15.6. The molecule has 13 nitrogen and oxygen atoms in total. The minimum absolute atomic E-state index is 0.0555. The van der Waals surface area contributed by atoms with Crippen LogP contribution in [-0.4, -0.2) is 48.3 Å². The van der Waals surface area contributed by atoms with Gasteiger partial charge in [0.2, 0.25) is 10.9 Å². The molecule has 0 aliphatic heterocycles. The van der Waals surface area contributed by atoms with E-state index in [0.717, 1.165) is 12.1 Å². The number of halogens is 1. The first kappa shape index (κ1) is 23.5. The van der Waals surface area contributed by atoms with Gasteiger partial charge >= 0.3 is 11.7 Å². The molecule has 0 aliphatic rings. The Morgan fingerprint density at radius 3 is 2.58 bits per heavy atom. The number of aromatic nitrogens is 3. The molecule has 170 valence electrons. The average molecular weight is 494 g/mol. The second-order valence-electron chi connectivity index (χ2n) is 6.14. The van der Waals surface area contributed by atoms with Gasteiger partial charge in [-0.2, -0.15) is 0 Å². The van der Waals surface area contributed by atoms with Crippen molar-refractivity contribution in [2.45, 2.75) is 5.16 Å². The lowest BCUT2D eigenvalue weighted by atomic mass is 10.1. The molecule has 15 heteroatoms. The number of phenolic OH excluding ortho intramolecular Hbond substituents is 1. The third-order valence-corrected chi connectivity index (χ3v) is 5.20. The first-order valence-electron chi connectivity index (χ1n) is 8.65. The topological polar surface area (TPSA) is 195 Å². The number of H-pyrrole nitrogens is 1. The number of thioether (sulfide) groups is 1. The van der Waals surface area contributed by atoms with Crippen LogP contribution >= 0.6 is 23.4 Å². The zero-order chi connectivity index (χ0) is 24.3. The van der Waals surface area contributed by atoms with Gasteiger partial charge in [-0.1, -0.05) is 11.6 Å². The molecule has 1 heterocycles. The number of hydrogen-bond acceptors (Lipinski definition) is 10. The van der Waals surface area contributed by atoms with Crippen molar-refractivity contribution in [3.63, 3.8) is 0 Å². The number of carboxylic acids is 1. The molecular weight excluding hydrogens is 482 g/mol. The lowest BCUT2D eigenvalue weighted by Gasteiger charge is -2.05. The quantitative estimate of drug-likeness (QED) is 0.178. The third kappa shape index (κ3) is 5.19. The van der Waals surface area contributed by atoms with E-state index in [0.29, 0.717) is 34.2 Å². The molecular formula is C18H12ClN5O8S. The van der Waals surface area contributed by atoms with E-state index in [-0.39, 0.29) is 11.0 Å². The minimum atomic E-state index is -1.49. The highest BCUT2D eigenvalue weighted by atomic mass is 35.5. The number of carboxylic acid groups (broad SMARTS) is 1. The number of ether oxygens (including phenoxy) is 1. The Bertz CT molecular complexity index is 1310. The number of rotatable bonds is 8. The summed E-state index contributed by atoms with van der Waals surface area (Å²) in [5.74, 6) is -1.77. The Morgan fingerprint density at radius 2 is 1.97 bits per heavy atom. The Balaban J connectivity index is 2.02. The monoisotopic (exact) mass is 493 g/mol. The molecule has 0 spiro atoms. The number of methoxy groups -OCH3 is 1. The van der Waals surface area contributed by atoms with Crippen LogP contribution in [0.15, 0.2) is 40.4 Å². The summed E-state index contributed by atoms with van der Waals surface area (Å²) in [5.41, 5.74) is -1.63. The summed E-state index contributed by atoms with van der Waals surface area (Å²) in [6.45, 7) is 0. The molecule has 3 rings (SSSR count). The molecule has 0 unspecified atom stereocenters. The van der Waals surface area contributed by atoms with Crippen LogP contribution in [0.1, 0.15) is 5.56 Å². The molecule has 1 aromatic heterocycles. The lowest BCUT2D eigenvalue weighted by molar-refractivity contribution is -0.394. The summed E-state index contributed by atoms with van der Waals surface area (Å²) in [6.07, 6.45) is 0.846. The van der Waals surface area contributed by atoms with E-state index in [4.69, 9.17) is 16.3 Å². The number of hydrogen-bond donors (Lipinski definition) is 3. The van der Waals surface area contributed by atoms with Gasteiger partial charge in [0.15, 0.2) is 5.82 Å². The van der Waals surface area contributed by atoms with Crippen molar-refractivity contribution in [3.05, 3.63) is 66.1 Å². The fraction of sp³-hybridized carbons (Fsp3) is 0.0556. The van der Waals surface area contributed by atoms with Crippen LogP contribution in [0.2, 0.25) is 5.02 Å². The maximum Gasteiger partial charge on any atom is 0.342 e. The van der Waals surface area contributed by atoms with Crippen molar-refractivity contribution in [1.29, 1.82) is 0 Å². The summed E-state index contributed by atoms with van der Waals surface area (Å²) < 4.78 is 5.24. The molecule has 3 N–H and O–H groups in total. The number of nitrogens with one attached hydrogen (secondary N) is 1. The van der Waals surface area contributed by atoms with Gasteiger partial charge in [0.1, 0.15) is 10.7 Å². The molecule has 0 bridgehead atoms. The van der Waals surface area contributed by atoms with Crippen LogP contribution in [0.3, 0.4) is 0 Å². The van der Waals surface area contributed by atoms with Crippen molar-refractivity contribution in [2.24, 2.45) is 0 Å². The molecule has 0 atom stereocenters. The SMILES string of the molecule is COc1ccc(Cl)cc1-c1nc(S/C(=C\c2cc([N+](=O)[O-])cc([N+](=O)[O-])c2O)C(=O)O)n[nH]1.